The van der Waals surface area contributed by atoms with Gasteiger partial charge in [0.05, 0.1) is 17.5 Å². The summed E-state index contributed by atoms with van der Waals surface area (Å²) >= 11 is 1.65. The van der Waals surface area contributed by atoms with E-state index in [1.165, 1.54) is 4.90 Å². The van der Waals surface area contributed by atoms with Crippen LogP contribution in [0.2, 0.25) is 0 Å². The van der Waals surface area contributed by atoms with Crippen LogP contribution in [-0.2, 0) is 20.9 Å². The molecule has 33 heavy (non-hydrogen) atoms. The lowest BCUT2D eigenvalue weighted by Gasteiger charge is -2.36. The fraction of sp³-hybridized carbons (Fsp3) is 0.440. The van der Waals surface area contributed by atoms with E-state index in [0.717, 1.165) is 35.9 Å². The number of carbonyl (C=O) groups excluding carboxylic acids is 3. The molecule has 8 heteroatoms. The van der Waals surface area contributed by atoms with Crippen molar-refractivity contribution in [3.8, 4) is 10.6 Å². The summed E-state index contributed by atoms with van der Waals surface area (Å²) in [4.78, 5) is 48.9. The Labute approximate surface area is 197 Å². The SMILES string of the molecule is C[C@H](C(=O)N1CCN(Cc2csc(-c3ccccc3)n2)CC1)N1C(=O)[C@@H]2CC=CC[C@H]2C1=O. The highest BCUT2D eigenvalue weighted by atomic mass is 32.1. The Hall–Kier alpha value is -2.84. The lowest BCUT2D eigenvalue weighted by molar-refractivity contribution is -0.151. The number of thiazole rings is 1. The first kappa shape index (κ1) is 22.0. The molecule has 2 fully saturated rings. The van der Waals surface area contributed by atoms with Crippen molar-refractivity contribution < 1.29 is 14.4 Å². The van der Waals surface area contributed by atoms with Gasteiger partial charge in [-0.05, 0) is 19.8 Å². The van der Waals surface area contributed by atoms with Crippen molar-refractivity contribution in [2.24, 2.45) is 11.8 Å². The lowest BCUT2D eigenvalue weighted by Crippen LogP contribution is -2.55. The molecule has 0 N–H and O–H groups in total. The Kier molecular flexibility index (Phi) is 6.12. The predicted molar refractivity (Wildman–Crippen MR) is 126 cm³/mol. The molecule has 0 bridgehead atoms. The number of nitrogens with zero attached hydrogens (tertiary/aromatic N) is 4. The van der Waals surface area contributed by atoms with Gasteiger partial charge in [0.2, 0.25) is 17.7 Å². The maximum Gasteiger partial charge on any atom is 0.245 e. The fourth-order valence-electron chi connectivity index (χ4n) is 5.03. The fourth-order valence-corrected chi connectivity index (χ4v) is 5.85. The third kappa shape index (κ3) is 4.25. The molecular weight excluding hydrogens is 436 g/mol. The number of hydrogen-bond donors (Lipinski definition) is 0. The molecule has 7 nitrogen and oxygen atoms in total. The Morgan fingerprint density at radius 3 is 2.30 bits per heavy atom. The minimum absolute atomic E-state index is 0.136. The Balaban J connectivity index is 1.16. The number of imide groups is 1. The molecular formula is C25H28N4O3S. The van der Waals surface area contributed by atoms with Crippen molar-refractivity contribution in [3.05, 3.63) is 53.6 Å². The van der Waals surface area contributed by atoms with Crippen LogP contribution in [0.15, 0.2) is 47.9 Å². The zero-order valence-electron chi connectivity index (χ0n) is 18.7. The van der Waals surface area contributed by atoms with Gasteiger partial charge in [0.1, 0.15) is 11.0 Å². The number of fused-ring (bicyclic) bond motifs is 1. The summed E-state index contributed by atoms with van der Waals surface area (Å²) in [6, 6.07) is 9.42. The highest BCUT2D eigenvalue weighted by Crippen LogP contribution is 2.36. The predicted octanol–water partition coefficient (Wildman–Crippen LogP) is 2.79. The maximum absolute atomic E-state index is 13.1. The summed E-state index contributed by atoms with van der Waals surface area (Å²) in [6.07, 6.45) is 5.11. The smallest absolute Gasteiger partial charge is 0.245 e. The number of benzene rings is 1. The maximum atomic E-state index is 13.1. The van der Waals surface area contributed by atoms with E-state index in [2.05, 4.69) is 22.4 Å². The van der Waals surface area contributed by atoms with Crippen LogP contribution in [-0.4, -0.2) is 69.6 Å². The van der Waals surface area contributed by atoms with E-state index in [4.69, 9.17) is 4.98 Å². The van der Waals surface area contributed by atoms with E-state index in [1.54, 1.807) is 23.2 Å². The van der Waals surface area contributed by atoms with Crippen molar-refractivity contribution in [1.82, 2.24) is 19.7 Å². The van der Waals surface area contributed by atoms with Crippen molar-refractivity contribution in [2.75, 3.05) is 26.2 Å². The van der Waals surface area contributed by atoms with Crippen molar-refractivity contribution in [3.63, 3.8) is 0 Å². The zero-order valence-corrected chi connectivity index (χ0v) is 19.5. The molecule has 0 radical (unpaired) electrons. The van der Waals surface area contributed by atoms with Gasteiger partial charge in [-0.15, -0.1) is 11.3 Å². The number of piperazine rings is 1. The standard InChI is InChI=1S/C25H28N4O3S/c1-17(29-24(31)20-9-5-6-10-21(20)25(29)32)23(30)28-13-11-27(12-14-28)15-19-16-33-22(26-19)18-7-3-2-4-8-18/h2-8,16-17,20-21H,9-15H2,1H3/t17-,20-,21-/m1/s1. The third-order valence-corrected chi connectivity index (χ3v) is 7.87. The van der Waals surface area contributed by atoms with Crippen LogP contribution >= 0.6 is 11.3 Å². The summed E-state index contributed by atoms with van der Waals surface area (Å²) < 4.78 is 0. The molecule has 2 aliphatic heterocycles. The van der Waals surface area contributed by atoms with Crippen LogP contribution in [0, 0.1) is 11.8 Å². The van der Waals surface area contributed by atoms with E-state index < -0.39 is 6.04 Å². The van der Waals surface area contributed by atoms with Gasteiger partial charge in [0.25, 0.3) is 0 Å². The number of rotatable bonds is 5. The normalized spacial score (nSPS) is 24.3. The number of hydrogen-bond acceptors (Lipinski definition) is 6. The third-order valence-electron chi connectivity index (χ3n) is 6.93. The molecule has 0 unspecified atom stereocenters. The Morgan fingerprint density at radius 1 is 1.03 bits per heavy atom. The van der Waals surface area contributed by atoms with Gasteiger partial charge >= 0.3 is 0 Å². The number of amides is 3. The molecule has 2 saturated heterocycles. The first-order valence-electron chi connectivity index (χ1n) is 11.6. The summed E-state index contributed by atoms with van der Waals surface area (Å²) in [5.41, 5.74) is 2.16. The summed E-state index contributed by atoms with van der Waals surface area (Å²) in [7, 11) is 0. The van der Waals surface area contributed by atoms with Crippen LogP contribution in [0.25, 0.3) is 10.6 Å². The second kappa shape index (κ2) is 9.19. The van der Waals surface area contributed by atoms with Crippen molar-refractivity contribution >= 4 is 29.1 Å². The molecule has 1 aromatic heterocycles. The van der Waals surface area contributed by atoms with E-state index >= 15 is 0 Å². The minimum Gasteiger partial charge on any atom is -0.338 e. The van der Waals surface area contributed by atoms with Crippen LogP contribution in [0.5, 0.6) is 0 Å². The van der Waals surface area contributed by atoms with Crippen molar-refractivity contribution in [2.45, 2.75) is 32.4 Å². The van der Waals surface area contributed by atoms with E-state index in [0.29, 0.717) is 25.9 Å². The quantitative estimate of drug-likeness (QED) is 0.503. The zero-order chi connectivity index (χ0) is 22.9. The van der Waals surface area contributed by atoms with Crippen LogP contribution in [0.4, 0.5) is 0 Å². The van der Waals surface area contributed by atoms with Crippen molar-refractivity contribution in [1.29, 1.82) is 0 Å². The molecule has 2 aromatic rings. The molecule has 0 spiro atoms. The molecule has 3 amide bonds. The second-order valence-electron chi connectivity index (χ2n) is 8.99. The van der Waals surface area contributed by atoms with Gasteiger partial charge in [-0.3, -0.25) is 24.2 Å². The van der Waals surface area contributed by atoms with Crippen LogP contribution in [0.3, 0.4) is 0 Å². The average molecular weight is 465 g/mol. The highest BCUT2D eigenvalue weighted by Gasteiger charge is 2.50. The second-order valence-corrected chi connectivity index (χ2v) is 9.85. The lowest BCUT2D eigenvalue weighted by atomic mass is 9.85. The molecule has 5 rings (SSSR count). The summed E-state index contributed by atoms with van der Waals surface area (Å²) in [5, 5.41) is 3.12. The van der Waals surface area contributed by atoms with E-state index in [1.807, 2.05) is 30.4 Å². The average Bonchev–Trinajstić information content (AvgIpc) is 3.42. The molecule has 3 aliphatic rings. The van der Waals surface area contributed by atoms with Crippen LogP contribution < -0.4 is 0 Å². The van der Waals surface area contributed by atoms with Crippen LogP contribution in [0.1, 0.15) is 25.5 Å². The minimum atomic E-state index is -0.742. The van der Waals surface area contributed by atoms with Gasteiger partial charge in [-0.1, -0.05) is 42.5 Å². The van der Waals surface area contributed by atoms with E-state index in [-0.39, 0.29) is 29.6 Å². The van der Waals surface area contributed by atoms with E-state index in [9.17, 15) is 14.4 Å². The highest BCUT2D eigenvalue weighted by molar-refractivity contribution is 7.13. The Morgan fingerprint density at radius 2 is 1.67 bits per heavy atom. The topological polar surface area (TPSA) is 73.8 Å². The van der Waals surface area contributed by atoms with Gasteiger partial charge in [-0.2, -0.15) is 0 Å². The molecule has 172 valence electrons. The molecule has 1 aliphatic carbocycles. The summed E-state index contributed by atoms with van der Waals surface area (Å²) in [6.45, 7) is 5.10. The van der Waals surface area contributed by atoms with Gasteiger partial charge in [0.15, 0.2) is 0 Å². The largest absolute Gasteiger partial charge is 0.338 e. The summed E-state index contributed by atoms with van der Waals surface area (Å²) in [5.74, 6) is -1.11. The number of aromatic nitrogens is 1. The van der Waals surface area contributed by atoms with Gasteiger partial charge in [-0.25, -0.2) is 4.98 Å². The first-order valence-corrected chi connectivity index (χ1v) is 12.4. The molecule has 1 aromatic carbocycles. The number of allylic oxidation sites excluding steroid dienone is 2. The monoisotopic (exact) mass is 464 g/mol. The molecule has 3 heterocycles. The molecule has 0 saturated carbocycles. The number of carbonyl (C=O) groups is 3. The van der Waals surface area contributed by atoms with Gasteiger partial charge in [0, 0.05) is 43.7 Å². The Bertz CT molecular complexity index is 1050. The van der Waals surface area contributed by atoms with Gasteiger partial charge < -0.3 is 4.90 Å². The number of likely N-dealkylation sites (tertiary alicyclic amines) is 1. The first-order chi connectivity index (χ1) is 16.0. The molecule has 3 atom stereocenters.